The highest BCUT2D eigenvalue weighted by atomic mass is 16.6. The van der Waals surface area contributed by atoms with Gasteiger partial charge in [0.05, 0.1) is 18.4 Å². The van der Waals surface area contributed by atoms with Crippen molar-refractivity contribution in [1.82, 2.24) is 0 Å². The van der Waals surface area contributed by atoms with Crippen LogP contribution in [0.4, 0.5) is 10.5 Å². The summed E-state index contributed by atoms with van der Waals surface area (Å²) in [6.07, 6.45) is 5.36. The summed E-state index contributed by atoms with van der Waals surface area (Å²) in [4.78, 5) is 26.4. The lowest BCUT2D eigenvalue weighted by atomic mass is 9.70. The van der Waals surface area contributed by atoms with E-state index >= 15 is 0 Å². The molecule has 1 aliphatic heterocycles. The summed E-state index contributed by atoms with van der Waals surface area (Å²) in [5, 5.41) is 0. The lowest BCUT2D eigenvalue weighted by molar-refractivity contribution is 0.0569. The molecule has 1 heterocycles. The molecule has 5 nitrogen and oxygen atoms in total. The van der Waals surface area contributed by atoms with Crippen LogP contribution in [-0.4, -0.2) is 31.3 Å². The number of fused-ring (bicyclic) bond motifs is 2. The first kappa shape index (κ1) is 17.8. The summed E-state index contributed by atoms with van der Waals surface area (Å²) >= 11 is 0. The van der Waals surface area contributed by atoms with Gasteiger partial charge in [0.15, 0.2) is 0 Å². The highest BCUT2D eigenvalue weighted by Crippen LogP contribution is 2.49. The lowest BCUT2D eigenvalue weighted by Gasteiger charge is -2.34. The fourth-order valence-corrected chi connectivity index (χ4v) is 4.06. The van der Waals surface area contributed by atoms with E-state index in [-0.39, 0.29) is 11.5 Å². The zero-order valence-electron chi connectivity index (χ0n) is 15.6. The van der Waals surface area contributed by atoms with Crippen LogP contribution in [0.1, 0.15) is 68.8 Å². The zero-order chi connectivity index (χ0) is 18.2. The van der Waals surface area contributed by atoms with Crippen LogP contribution in [0.2, 0.25) is 0 Å². The third-order valence-electron chi connectivity index (χ3n) is 5.17. The maximum absolute atomic E-state index is 12.8. The van der Waals surface area contributed by atoms with Crippen LogP contribution in [0.3, 0.4) is 0 Å². The van der Waals surface area contributed by atoms with Crippen LogP contribution in [0.15, 0.2) is 18.2 Å². The van der Waals surface area contributed by atoms with Gasteiger partial charge in [0.1, 0.15) is 5.60 Å². The molecule has 1 aromatic carbocycles. The molecule has 1 aromatic rings. The van der Waals surface area contributed by atoms with Crippen LogP contribution in [0, 0.1) is 0 Å². The molecule has 0 bridgehead atoms. The number of amides is 1. The number of ether oxygens (including phenoxy) is 2. The molecule has 1 aliphatic carbocycles. The lowest BCUT2D eigenvalue weighted by Crippen LogP contribution is -2.41. The Kier molecular flexibility index (Phi) is 4.52. The quantitative estimate of drug-likeness (QED) is 0.707. The normalized spacial score (nSPS) is 18.8. The Labute approximate surface area is 149 Å². The molecule has 0 N–H and O–H groups in total. The van der Waals surface area contributed by atoms with E-state index in [9.17, 15) is 9.59 Å². The van der Waals surface area contributed by atoms with Gasteiger partial charge in [-0.1, -0.05) is 25.3 Å². The van der Waals surface area contributed by atoms with Crippen LogP contribution >= 0.6 is 0 Å². The molecule has 1 spiro atoms. The van der Waals surface area contributed by atoms with E-state index < -0.39 is 11.6 Å². The number of nitrogens with zero attached hydrogens (tertiary/aromatic N) is 1. The number of hydrogen-bond donors (Lipinski definition) is 0. The molecule has 1 saturated carbocycles. The summed E-state index contributed by atoms with van der Waals surface area (Å²) in [5.41, 5.74) is 1.84. The van der Waals surface area contributed by atoms with E-state index in [1.807, 2.05) is 26.8 Å². The number of carbonyl (C=O) groups excluding carboxylic acids is 2. The predicted molar refractivity (Wildman–Crippen MR) is 96.1 cm³/mol. The van der Waals surface area contributed by atoms with E-state index in [0.29, 0.717) is 12.1 Å². The van der Waals surface area contributed by atoms with Crippen LogP contribution < -0.4 is 4.90 Å². The maximum atomic E-state index is 12.8. The minimum absolute atomic E-state index is 0.0147. The Morgan fingerprint density at radius 1 is 1.12 bits per heavy atom. The molecule has 2 aliphatic rings. The fourth-order valence-electron chi connectivity index (χ4n) is 4.06. The highest BCUT2D eigenvalue weighted by molar-refractivity contribution is 5.96. The van der Waals surface area contributed by atoms with Crippen molar-refractivity contribution in [2.45, 2.75) is 63.9 Å². The molecule has 0 unspecified atom stereocenters. The SMILES string of the molecule is COC(=O)c1ccc2c(c1)N(C(=O)OC(C)(C)C)CC21CCCCC1. The zero-order valence-corrected chi connectivity index (χ0v) is 15.6. The van der Waals surface area contributed by atoms with Gasteiger partial charge in [-0.25, -0.2) is 9.59 Å². The van der Waals surface area contributed by atoms with Gasteiger partial charge in [-0.3, -0.25) is 4.90 Å². The maximum Gasteiger partial charge on any atom is 0.414 e. The van der Waals surface area contributed by atoms with Crippen molar-refractivity contribution in [3.63, 3.8) is 0 Å². The molecule has 136 valence electrons. The summed E-state index contributed by atoms with van der Waals surface area (Å²) in [6, 6.07) is 5.57. The van der Waals surface area contributed by atoms with Crippen molar-refractivity contribution in [2.24, 2.45) is 0 Å². The van der Waals surface area contributed by atoms with Crippen molar-refractivity contribution in [3.8, 4) is 0 Å². The monoisotopic (exact) mass is 345 g/mol. The van der Waals surface area contributed by atoms with Gasteiger partial charge in [0.25, 0.3) is 0 Å². The molecule has 0 aromatic heterocycles. The van der Waals surface area contributed by atoms with Crippen molar-refractivity contribution in [1.29, 1.82) is 0 Å². The van der Waals surface area contributed by atoms with Crippen molar-refractivity contribution >= 4 is 17.7 Å². The average Bonchev–Trinajstić information content (AvgIpc) is 2.87. The number of anilines is 1. The fraction of sp³-hybridized carbons (Fsp3) is 0.600. The minimum Gasteiger partial charge on any atom is -0.465 e. The van der Waals surface area contributed by atoms with Crippen molar-refractivity contribution in [3.05, 3.63) is 29.3 Å². The van der Waals surface area contributed by atoms with Gasteiger partial charge in [-0.2, -0.15) is 0 Å². The highest BCUT2D eigenvalue weighted by Gasteiger charge is 2.46. The second-order valence-electron chi connectivity index (χ2n) is 8.13. The Morgan fingerprint density at radius 2 is 1.80 bits per heavy atom. The second kappa shape index (κ2) is 6.36. The Bertz CT molecular complexity index is 683. The summed E-state index contributed by atoms with van der Waals surface area (Å²) in [7, 11) is 1.36. The van der Waals surface area contributed by atoms with Gasteiger partial charge >= 0.3 is 12.1 Å². The van der Waals surface area contributed by atoms with Gasteiger partial charge in [0, 0.05) is 12.0 Å². The number of hydrogen-bond acceptors (Lipinski definition) is 4. The number of esters is 1. The van der Waals surface area contributed by atoms with Crippen LogP contribution in [0.5, 0.6) is 0 Å². The number of rotatable bonds is 1. The van der Waals surface area contributed by atoms with Gasteiger partial charge in [0.2, 0.25) is 0 Å². The molecule has 3 rings (SSSR count). The molecular weight excluding hydrogens is 318 g/mol. The van der Waals surface area contributed by atoms with E-state index in [0.717, 1.165) is 24.1 Å². The molecule has 1 amide bonds. The molecule has 0 radical (unpaired) electrons. The minimum atomic E-state index is -0.556. The first-order chi connectivity index (χ1) is 11.8. The number of benzene rings is 1. The Hall–Kier alpha value is -2.04. The third kappa shape index (κ3) is 3.37. The van der Waals surface area contributed by atoms with E-state index in [4.69, 9.17) is 9.47 Å². The first-order valence-electron chi connectivity index (χ1n) is 8.99. The van der Waals surface area contributed by atoms with Gasteiger partial charge < -0.3 is 9.47 Å². The van der Waals surface area contributed by atoms with Crippen LogP contribution in [0.25, 0.3) is 0 Å². The predicted octanol–water partition coefficient (Wildman–Crippen LogP) is 4.43. The Morgan fingerprint density at radius 3 is 2.40 bits per heavy atom. The second-order valence-corrected chi connectivity index (χ2v) is 8.13. The molecule has 1 fully saturated rings. The van der Waals surface area contributed by atoms with E-state index in [1.54, 1.807) is 17.0 Å². The van der Waals surface area contributed by atoms with Crippen molar-refractivity contribution in [2.75, 3.05) is 18.6 Å². The van der Waals surface area contributed by atoms with Gasteiger partial charge in [-0.15, -0.1) is 0 Å². The third-order valence-corrected chi connectivity index (χ3v) is 5.17. The molecule has 5 heteroatoms. The molecular formula is C20H27NO4. The number of methoxy groups -OCH3 is 1. The van der Waals surface area contributed by atoms with Crippen molar-refractivity contribution < 1.29 is 19.1 Å². The summed E-state index contributed by atoms with van der Waals surface area (Å²) in [5.74, 6) is -0.392. The Balaban J connectivity index is 2.02. The van der Waals surface area contributed by atoms with E-state index in [2.05, 4.69) is 0 Å². The van der Waals surface area contributed by atoms with Crippen LogP contribution in [-0.2, 0) is 14.9 Å². The summed E-state index contributed by atoms with van der Waals surface area (Å²) < 4.78 is 10.4. The smallest absolute Gasteiger partial charge is 0.414 e. The van der Waals surface area contributed by atoms with E-state index in [1.165, 1.54) is 26.4 Å². The molecule has 0 atom stereocenters. The largest absolute Gasteiger partial charge is 0.465 e. The average molecular weight is 345 g/mol. The topological polar surface area (TPSA) is 55.8 Å². The first-order valence-corrected chi connectivity index (χ1v) is 8.99. The molecule has 25 heavy (non-hydrogen) atoms. The van der Waals surface area contributed by atoms with Gasteiger partial charge in [-0.05, 0) is 51.3 Å². The molecule has 0 saturated heterocycles. The summed E-state index contributed by atoms with van der Waals surface area (Å²) in [6.45, 7) is 6.22. The number of carbonyl (C=O) groups is 2. The standard InChI is InChI=1S/C20H27NO4/c1-19(2,3)25-18(23)21-13-20(10-6-5-7-11-20)15-9-8-14(12-16(15)21)17(22)24-4/h8-9,12H,5-7,10-11,13H2,1-4H3.